The second kappa shape index (κ2) is 11.1. The van der Waals surface area contributed by atoms with E-state index in [9.17, 15) is 10.1 Å². The van der Waals surface area contributed by atoms with E-state index in [0.717, 1.165) is 42.0 Å². The molecule has 190 valence electrons. The van der Waals surface area contributed by atoms with Crippen LogP contribution in [-0.2, 0) is 24.2 Å². The topological polar surface area (TPSA) is 92.8 Å². The summed E-state index contributed by atoms with van der Waals surface area (Å²) in [5.74, 6) is 2.09. The van der Waals surface area contributed by atoms with E-state index in [-0.39, 0.29) is 17.1 Å². The van der Waals surface area contributed by atoms with E-state index in [0.29, 0.717) is 34.8 Å². The van der Waals surface area contributed by atoms with Gasteiger partial charge in [-0.1, -0.05) is 44.7 Å². The van der Waals surface area contributed by atoms with E-state index >= 15 is 0 Å². The number of hydrogen-bond donors (Lipinski definition) is 1. The van der Waals surface area contributed by atoms with Gasteiger partial charge in [0.05, 0.1) is 23.5 Å². The predicted molar refractivity (Wildman–Crippen MR) is 146 cm³/mol. The summed E-state index contributed by atoms with van der Waals surface area (Å²) >= 11 is 2.90. The number of nitrogens with one attached hydrogen (secondary N) is 1. The Morgan fingerprint density at radius 2 is 2.08 bits per heavy atom. The first-order valence-corrected chi connectivity index (χ1v) is 14.2. The number of hydrogen-bond acceptors (Lipinski definition) is 7. The van der Waals surface area contributed by atoms with Gasteiger partial charge < -0.3 is 14.6 Å². The smallest absolute Gasteiger partial charge is 0.235 e. The summed E-state index contributed by atoms with van der Waals surface area (Å²) < 4.78 is 7.76. The van der Waals surface area contributed by atoms with Crippen LogP contribution >= 0.6 is 23.1 Å². The number of amides is 1. The number of nitriles is 1. The van der Waals surface area contributed by atoms with Crippen molar-refractivity contribution in [1.29, 1.82) is 5.26 Å². The first-order valence-electron chi connectivity index (χ1n) is 12.4. The van der Waals surface area contributed by atoms with Crippen molar-refractivity contribution in [2.45, 2.75) is 65.6 Å². The summed E-state index contributed by atoms with van der Waals surface area (Å²) in [4.78, 5) is 14.1. The van der Waals surface area contributed by atoms with Gasteiger partial charge in [-0.15, -0.1) is 21.5 Å². The SMILES string of the molecule is CCOc1ccccc1-c1nnc(SCC(=O)Nc2sc3c(c2C#N)CCC(C(C)(C)C)C3)n1CC. The summed E-state index contributed by atoms with van der Waals surface area (Å²) in [5, 5.41) is 22.9. The maximum Gasteiger partial charge on any atom is 0.235 e. The van der Waals surface area contributed by atoms with Crippen molar-refractivity contribution < 1.29 is 9.53 Å². The summed E-state index contributed by atoms with van der Waals surface area (Å²) in [6, 6.07) is 10.1. The molecule has 2 aromatic heterocycles. The van der Waals surface area contributed by atoms with E-state index in [2.05, 4.69) is 42.4 Å². The number of aromatic nitrogens is 3. The Bertz CT molecular complexity index is 1280. The van der Waals surface area contributed by atoms with Gasteiger partial charge in [0.2, 0.25) is 5.91 Å². The summed E-state index contributed by atoms with van der Waals surface area (Å²) in [5.41, 5.74) is 2.86. The molecule has 9 heteroatoms. The number of carbonyl (C=O) groups excluding carboxylic acids is 1. The largest absolute Gasteiger partial charge is 0.493 e. The minimum atomic E-state index is -0.149. The number of fused-ring (bicyclic) bond motifs is 1. The minimum Gasteiger partial charge on any atom is -0.493 e. The third kappa shape index (κ3) is 5.45. The van der Waals surface area contributed by atoms with Crippen LogP contribution in [0.4, 0.5) is 5.00 Å². The molecule has 1 aliphatic carbocycles. The van der Waals surface area contributed by atoms with Crippen LogP contribution in [0.3, 0.4) is 0 Å². The van der Waals surface area contributed by atoms with Gasteiger partial charge in [-0.25, -0.2) is 0 Å². The second-order valence-electron chi connectivity index (χ2n) is 9.94. The Morgan fingerprint density at radius 1 is 1.31 bits per heavy atom. The molecule has 7 nitrogen and oxygen atoms in total. The number of ether oxygens (including phenoxy) is 1. The molecule has 1 aliphatic rings. The average Bonchev–Trinajstić information content (AvgIpc) is 3.42. The van der Waals surface area contributed by atoms with E-state index in [1.165, 1.54) is 16.6 Å². The molecule has 1 unspecified atom stereocenters. The maximum absolute atomic E-state index is 12.9. The van der Waals surface area contributed by atoms with Crippen molar-refractivity contribution in [3.05, 3.63) is 40.3 Å². The van der Waals surface area contributed by atoms with Crippen molar-refractivity contribution in [2.75, 3.05) is 17.7 Å². The van der Waals surface area contributed by atoms with E-state index < -0.39 is 0 Å². The lowest BCUT2D eigenvalue weighted by Crippen LogP contribution is -2.26. The summed E-state index contributed by atoms with van der Waals surface area (Å²) in [6.45, 7) is 12.0. The van der Waals surface area contributed by atoms with Crippen molar-refractivity contribution in [3.8, 4) is 23.2 Å². The molecule has 1 atom stereocenters. The third-order valence-electron chi connectivity index (χ3n) is 6.65. The lowest BCUT2D eigenvalue weighted by Gasteiger charge is -2.33. The quantitative estimate of drug-likeness (QED) is 0.355. The van der Waals surface area contributed by atoms with Crippen molar-refractivity contribution >= 4 is 34.0 Å². The molecule has 3 aromatic rings. The first-order chi connectivity index (χ1) is 17.3. The van der Waals surface area contributed by atoms with Crippen molar-refractivity contribution in [1.82, 2.24) is 14.8 Å². The van der Waals surface area contributed by atoms with Gasteiger partial charge in [-0.05, 0) is 62.1 Å². The number of nitrogens with zero attached hydrogens (tertiary/aromatic N) is 4. The van der Waals surface area contributed by atoms with Gasteiger partial charge in [-0.3, -0.25) is 4.79 Å². The van der Waals surface area contributed by atoms with Crippen LogP contribution in [0.25, 0.3) is 11.4 Å². The number of carbonyl (C=O) groups is 1. The highest BCUT2D eigenvalue weighted by Crippen LogP contribution is 2.44. The highest BCUT2D eigenvalue weighted by Gasteiger charge is 2.32. The molecule has 0 fully saturated rings. The van der Waals surface area contributed by atoms with Crippen LogP contribution in [0.15, 0.2) is 29.4 Å². The number of anilines is 1. The van der Waals surface area contributed by atoms with Crippen LogP contribution in [0, 0.1) is 22.7 Å². The molecule has 0 spiro atoms. The van der Waals surface area contributed by atoms with E-state index in [4.69, 9.17) is 4.74 Å². The van der Waals surface area contributed by atoms with Crippen LogP contribution < -0.4 is 10.1 Å². The Hall–Kier alpha value is -2.83. The zero-order valence-electron chi connectivity index (χ0n) is 21.6. The molecule has 0 radical (unpaired) electrons. The van der Waals surface area contributed by atoms with Gasteiger partial charge in [0.25, 0.3) is 0 Å². The van der Waals surface area contributed by atoms with Gasteiger partial charge in [0.15, 0.2) is 11.0 Å². The summed E-state index contributed by atoms with van der Waals surface area (Å²) in [6.07, 6.45) is 2.94. The normalized spacial score (nSPS) is 15.3. The van der Waals surface area contributed by atoms with Gasteiger partial charge >= 0.3 is 0 Å². The Balaban J connectivity index is 1.47. The van der Waals surface area contributed by atoms with Crippen molar-refractivity contribution in [2.24, 2.45) is 11.3 Å². The lowest BCUT2D eigenvalue weighted by atomic mass is 9.72. The van der Waals surface area contributed by atoms with Gasteiger partial charge in [0, 0.05) is 11.4 Å². The van der Waals surface area contributed by atoms with Crippen molar-refractivity contribution in [3.63, 3.8) is 0 Å². The molecule has 2 heterocycles. The number of thiophene rings is 1. The maximum atomic E-state index is 12.9. The number of rotatable bonds is 8. The van der Waals surface area contributed by atoms with Crippen LogP contribution in [0.1, 0.15) is 57.0 Å². The van der Waals surface area contributed by atoms with Crippen LogP contribution in [0.2, 0.25) is 0 Å². The fourth-order valence-corrected chi connectivity index (χ4v) is 6.73. The van der Waals surface area contributed by atoms with E-state index in [1.54, 1.807) is 11.3 Å². The molecule has 0 saturated heterocycles. The zero-order valence-corrected chi connectivity index (χ0v) is 23.2. The van der Waals surface area contributed by atoms with Crippen LogP contribution in [0.5, 0.6) is 5.75 Å². The molecule has 0 bridgehead atoms. The molecule has 1 amide bonds. The monoisotopic (exact) mass is 523 g/mol. The van der Waals surface area contributed by atoms with E-state index in [1.807, 2.05) is 42.7 Å². The third-order valence-corrected chi connectivity index (χ3v) is 8.78. The highest BCUT2D eigenvalue weighted by molar-refractivity contribution is 7.99. The molecule has 0 saturated carbocycles. The lowest BCUT2D eigenvalue weighted by molar-refractivity contribution is -0.113. The van der Waals surface area contributed by atoms with Crippen LogP contribution in [-0.4, -0.2) is 33.0 Å². The average molecular weight is 524 g/mol. The predicted octanol–water partition coefficient (Wildman–Crippen LogP) is 6.18. The minimum absolute atomic E-state index is 0.149. The number of benzene rings is 1. The molecule has 0 aliphatic heterocycles. The zero-order chi connectivity index (χ0) is 25.9. The molecule has 1 aromatic carbocycles. The van der Waals surface area contributed by atoms with Gasteiger partial charge in [0.1, 0.15) is 16.8 Å². The molecule has 4 rings (SSSR count). The second-order valence-corrected chi connectivity index (χ2v) is 12.0. The molecular formula is C27H33N5O2S2. The first kappa shape index (κ1) is 26.2. The Morgan fingerprint density at radius 3 is 2.78 bits per heavy atom. The number of para-hydroxylation sites is 1. The molecule has 1 N–H and O–H groups in total. The Kier molecular flexibility index (Phi) is 8.06. The summed E-state index contributed by atoms with van der Waals surface area (Å²) in [7, 11) is 0. The molecule has 36 heavy (non-hydrogen) atoms. The standard InChI is InChI=1S/C27H33N5O2S2/c1-6-32-24(19-10-8-9-11-21(19)34-7-2)30-31-26(32)35-16-23(33)29-25-20(15-28)18-13-12-17(27(3,4)5)14-22(18)36-25/h8-11,17H,6-7,12-14,16H2,1-5H3,(H,29,33). The number of thioether (sulfide) groups is 1. The fourth-order valence-electron chi connectivity index (χ4n) is 4.64. The fraction of sp³-hybridized carbons (Fsp3) is 0.481. The van der Waals surface area contributed by atoms with Gasteiger partial charge in [-0.2, -0.15) is 5.26 Å². The highest BCUT2D eigenvalue weighted by atomic mass is 32.2. The molecular weight excluding hydrogens is 490 g/mol. The Labute approximate surface area is 221 Å².